The molecule has 26 heavy (non-hydrogen) atoms. The van der Waals surface area contributed by atoms with Gasteiger partial charge in [-0.25, -0.2) is 4.79 Å². The second kappa shape index (κ2) is 8.76. The van der Waals surface area contributed by atoms with Gasteiger partial charge in [0.05, 0.1) is 0 Å². The molecular weight excluding hydrogens is 350 g/mol. The standard InChI is InChI=1S/C20H21NO4S/c22-18(23)13-25-16-7-5-14(6-8-16)9-11-21-20(24)19-17-4-2-1-3-15(17)10-12-26-19/h1-8,19H,9-13H2,(H,21,24)(H,22,23)/t19-/m1/s1. The van der Waals surface area contributed by atoms with Crippen LogP contribution in [0.2, 0.25) is 0 Å². The normalized spacial score (nSPS) is 15.8. The van der Waals surface area contributed by atoms with E-state index in [0.717, 1.165) is 23.3 Å². The Bertz CT molecular complexity index is 776. The van der Waals surface area contributed by atoms with Crippen molar-refractivity contribution < 1.29 is 19.4 Å². The number of hydrogen-bond acceptors (Lipinski definition) is 4. The Morgan fingerprint density at radius 1 is 1.15 bits per heavy atom. The molecule has 0 saturated carbocycles. The maximum absolute atomic E-state index is 12.5. The lowest BCUT2D eigenvalue weighted by molar-refractivity contribution is -0.139. The van der Waals surface area contributed by atoms with Crippen molar-refractivity contribution in [1.82, 2.24) is 5.32 Å². The Balaban J connectivity index is 1.49. The zero-order chi connectivity index (χ0) is 18.4. The number of aryl methyl sites for hydroxylation is 1. The number of benzene rings is 2. The Hall–Kier alpha value is -2.47. The maximum atomic E-state index is 12.5. The van der Waals surface area contributed by atoms with E-state index in [-0.39, 0.29) is 17.8 Å². The minimum Gasteiger partial charge on any atom is -0.482 e. The molecule has 2 N–H and O–H groups in total. The van der Waals surface area contributed by atoms with E-state index >= 15 is 0 Å². The number of carboxylic acids is 1. The van der Waals surface area contributed by atoms with Crippen molar-refractivity contribution in [2.75, 3.05) is 18.9 Å². The smallest absolute Gasteiger partial charge is 0.341 e. The summed E-state index contributed by atoms with van der Waals surface area (Å²) >= 11 is 1.69. The predicted molar refractivity (Wildman–Crippen MR) is 102 cm³/mol. The maximum Gasteiger partial charge on any atom is 0.341 e. The Morgan fingerprint density at radius 3 is 2.69 bits per heavy atom. The lowest BCUT2D eigenvalue weighted by Crippen LogP contribution is -2.31. The first-order valence-corrected chi connectivity index (χ1v) is 9.59. The third kappa shape index (κ3) is 4.79. The molecule has 1 aliphatic heterocycles. The van der Waals surface area contributed by atoms with Crippen LogP contribution in [-0.4, -0.2) is 35.9 Å². The fraction of sp³-hybridized carbons (Fsp3) is 0.300. The molecule has 136 valence electrons. The first-order chi connectivity index (χ1) is 12.6. The summed E-state index contributed by atoms with van der Waals surface area (Å²) in [5, 5.41) is 11.5. The van der Waals surface area contributed by atoms with Gasteiger partial charge in [-0.3, -0.25) is 4.79 Å². The van der Waals surface area contributed by atoms with Gasteiger partial charge >= 0.3 is 5.97 Å². The lowest BCUT2D eigenvalue weighted by atomic mass is 10.0. The van der Waals surface area contributed by atoms with Gasteiger partial charge in [0.25, 0.3) is 0 Å². The molecule has 0 unspecified atom stereocenters. The number of hydrogen-bond donors (Lipinski definition) is 2. The molecule has 0 radical (unpaired) electrons. The van der Waals surface area contributed by atoms with E-state index in [1.165, 1.54) is 5.56 Å². The number of nitrogens with one attached hydrogen (secondary N) is 1. The van der Waals surface area contributed by atoms with Crippen LogP contribution in [0.15, 0.2) is 48.5 Å². The summed E-state index contributed by atoms with van der Waals surface area (Å²) in [5.41, 5.74) is 3.45. The van der Waals surface area contributed by atoms with Crippen LogP contribution < -0.4 is 10.1 Å². The molecule has 1 atom stereocenters. The molecular formula is C20H21NO4S. The first-order valence-electron chi connectivity index (χ1n) is 8.54. The molecule has 2 aromatic rings. The van der Waals surface area contributed by atoms with Crippen molar-refractivity contribution in [3.63, 3.8) is 0 Å². The van der Waals surface area contributed by atoms with Crippen molar-refractivity contribution in [1.29, 1.82) is 0 Å². The van der Waals surface area contributed by atoms with E-state index < -0.39 is 5.97 Å². The highest BCUT2D eigenvalue weighted by Gasteiger charge is 2.26. The highest BCUT2D eigenvalue weighted by atomic mass is 32.2. The predicted octanol–water partition coefficient (Wildman–Crippen LogP) is 2.84. The molecule has 1 aliphatic rings. The third-order valence-electron chi connectivity index (χ3n) is 4.23. The van der Waals surface area contributed by atoms with Crippen LogP contribution in [0.1, 0.15) is 21.9 Å². The van der Waals surface area contributed by atoms with Gasteiger partial charge in [-0.1, -0.05) is 36.4 Å². The summed E-state index contributed by atoms with van der Waals surface area (Å²) in [6, 6.07) is 15.4. The van der Waals surface area contributed by atoms with Crippen LogP contribution in [0.4, 0.5) is 0 Å². The van der Waals surface area contributed by atoms with E-state index in [9.17, 15) is 9.59 Å². The van der Waals surface area contributed by atoms with Crippen LogP contribution in [-0.2, 0) is 22.4 Å². The van der Waals surface area contributed by atoms with Gasteiger partial charge in [-0.2, -0.15) is 0 Å². The number of aliphatic carboxylic acids is 1. The molecule has 3 rings (SSSR count). The minimum absolute atomic E-state index is 0.0589. The molecule has 1 heterocycles. The lowest BCUT2D eigenvalue weighted by Gasteiger charge is -2.24. The Morgan fingerprint density at radius 2 is 1.92 bits per heavy atom. The Kier molecular flexibility index (Phi) is 6.17. The summed E-state index contributed by atoms with van der Waals surface area (Å²) < 4.78 is 5.11. The molecule has 0 aromatic heterocycles. The second-order valence-electron chi connectivity index (χ2n) is 6.07. The zero-order valence-electron chi connectivity index (χ0n) is 14.3. The summed E-state index contributed by atoms with van der Waals surface area (Å²) in [6.07, 6.45) is 1.73. The molecule has 1 amide bonds. The number of fused-ring (bicyclic) bond motifs is 1. The van der Waals surface area contributed by atoms with Gasteiger partial charge < -0.3 is 15.2 Å². The van der Waals surface area contributed by atoms with Gasteiger partial charge in [-0.05, 0) is 47.4 Å². The van der Waals surface area contributed by atoms with Crippen molar-refractivity contribution in [2.45, 2.75) is 18.1 Å². The van der Waals surface area contributed by atoms with Crippen LogP contribution in [0.3, 0.4) is 0 Å². The number of amides is 1. The molecule has 0 bridgehead atoms. The summed E-state index contributed by atoms with van der Waals surface area (Å²) in [7, 11) is 0. The Labute approximate surface area is 156 Å². The minimum atomic E-state index is -1.00. The van der Waals surface area contributed by atoms with Crippen molar-refractivity contribution >= 4 is 23.6 Å². The quantitative estimate of drug-likeness (QED) is 0.783. The number of carbonyl (C=O) groups is 2. The number of carbonyl (C=O) groups excluding carboxylic acids is 1. The van der Waals surface area contributed by atoms with Gasteiger partial charge in [0.15, 0.2) is 6.61 Å². The molecule has 6 heteroatoms. The molecule has 2 aromatic carbocycles. The third-order valence-corrected chi connectivity index (χ3v) is 5.47. The van der Waals surface area contributed by atoms with Crippen LogP contribution in [0, 0.1) is 0 Å². The number of thioether (sulfide) groups is 1. The molecule has 0 saturated heterocycles. The first kappa shape index (κ1) is 18.3. The number of carboxylic acid groups (broad SMARTS) is 1. The summed E-state index contributed by atoms with van der Waals surface area (Å²) in [5.74, 6) is 0.547. The van der Waals surface area contributed by atoms with E-state index in [4.69, 9.17) is 9.84 Å². The van der Waals surface area contributed by atoms with Crippen LogP contribution in [0.25, 0.3) is 0 Å². The van der Waals surface area contributed by atoms with Crippen molar-refractivity contribution in [2.24, 2.45) is 0 Å². The fourth-order valence-electron chi connectivity index (χ4n) is 2.93. The van der Waals surface area contributed by atoms with Crippen molar-refractivity contribution in [3.05, 3.63) is 65.2 Å². The average Bonchev–Trinajstić information content (AvgIpc) is 2.66. The van der Waals surface area contributed by atoms with E-state index in [1.807, 2.05) is 30.3 Å². The van der Waals surface area contributed by atoms with Gasteiger partial charge in [0, 0.05) is 6.54 Å². The second-order valence-corrected chi connectivity index (χ2v) is 7.28. The molecule has 0 aliphatic carbocycles. The summed E-state index contributed by atoms with van der Waals surface area (Å²) in [4.78, 5) is 23.0. The van der Waals surface area contributed by atoms with E-state index in [2.05, 4.69) is 11.4 Å². The van der Waals surface area contributed by atoms with Gasteiger partial charge in [-0.15, -0.1) is 11.8 Å². The van der Waals surface area contributed by atoms with E-state index in [1.54, 1.807) is 23.9 Å². The SMILES string of the molecule is O=C(O)COc1ccc(CCNC(=O)[C@@H]2SCCc3ccccc32)cc1. The molecule has 0 spiro atoms. The summed E-state index contributed by atoms with van der Waals surface area (Å²) in [6.45, 7) is 0.212. The van der Waals surface area contributed by atoms with Gasteiger partial charge in [0.1, 0.15) is 11.0 Å². The average molecular weight is 371 g/mol. The zero-order valence-corrected chi connectivity index (χ0v) is 15.1. The molecule has 0 fully saturated rings. The fourth-order valence-corrected chi connectivity index (χ4v) is 4.15. The molecule has 5 nitrogen and oxygen atoms in total. The van der Waals surface area contributed by atoms with E-state index in [0.29, 0.717) is 18.7 Å². The van der Waals surface area contributed by atoms with Crippen LogP contribution in [0.5, 0.6) is 5.75 Å². The van der Waals surface area contributed by atoms with Crippen LogP contribution >= 0.6 is 11.8 Å². The monoisotopic (exact) mass is 371 g/mol. The highest BCUT2D eigenvalue weighted by Crippen LogP contribution is 2.36. The topological polar surface area (TPSA) is 75.6 Å². The highest BCUT2D eigenvalue weighted by molar-refractivity contribution is 8.00. The largest absolute Gasteiger partial charge is 0.482 e. The number of ether oxygens (including phenoxy) is 1. The van der Waals surface area contributed by atoms with Gasteiger partial charge in [0.2, 0.25) is 5.91 Å². The number of rotatable bonds is 7. The van der Waals surface area contributed by atoms with Crippen molar-refractivity contribution in [3.8, 4) is 5.75 Å².